The summed E-state index contributed by atoms with van der Waals surface area (Å²) < 4.78 is 48.7. The van der Waals surface area contributed by atoms with Crippen LogP contribution in [0.5, 0.6) is 0 Å². The number of hydrogen-bond donors (Lipinski definition) is 3. The van der Waals surface area contributed by atoms with Crippen molar-refractivity contribution in [2.45, 2.75) is 25.9 Å². The number of hydrogen-bond acceptors (Lipinski definition) is 6. The fourth-order valence-corrected chi connectivity index (χ4v) is 4.01. The Kier molecular flexibility index (Phi) is 7.10. The Morgan fingerprint density at radius 2 is 1.85 bits per heavy atom. The van der Waals surface area contributed by atoms with Crippen LogP contribution in [0, 0.1) is 12.8 Å². The molecule has 2 amide bonds. The van der Waals surface area contributed by atoms with Crippen molar-refractivity contribution in [2.75, 3.05) is 43.9 Å². The minimum Gasteiger partial charge on any atom is -0.464 e. The summed E-state index contributed by atoms with van der Waals surface area (Å²) in [5.74, 6) is -3.04. The third-order valence-electron chi connectivity index (χ3n) is 5.76. The molecule has 2 aromatic heterocycles. The van der Waals surface area contributed by atoms with Crippen molar-refractivity contribution in [3.05, 3.63) is 29.8 Å². The standard InChI is InChI=1S/C20H24F3N5O5/c1-12-9-24-18(19(31)32-2)17(12)26-16(30)11-28(6-3-13(4-7-28)20(21,22)23)10-15(29)25-14-5-8-33-27-14/h5,8-9,13H,3-4,6-7,10-11H2,1-2H3,(H2-,24,25,26,27,29,30,31)/p+1. The van der Waals surface area contributed by atoms with Crippen LogP contribution in [0.2, 0.25) is 0 Å². The van der Waals surface area contributed by atoms with Gasteiger partial charge in [0.1, 0.15) is 12.0 Å². The number of piperidine rings is 1. The maximum Gasteiger partial charge on any atom is 0.392 e. The number of aromatic nitrogens is 2. The number of H-pyrrole nitrogens is 1. The van der Waals surface area contributed by atoms with Crippen LogP contribution in [0.4, 0.5) is 24.7 Å². The number of alkyl halides is 3. The summed E-state index contributed by atoms with van der Waals surface area (Å²) in [5, 5.41) is 8.74. The Morgan fingerprint density at radius 1 is 1.21 bits per heavy atom. The van der Waals surface area contributed by atoms with Gasteiger partial charge in [-0.15, -0.1) is 0 Å². The molecule has 0 unspecified atom stereocenters. The summed E-state index contributed by atoms with van der Waals surface area (Å²) in [6.07, 6.45) is -1.96. The largest absolute Gasteiger partial charge is 0.464 e. The van der Waals surface area contributed by atoms with E-state index in [1.165, 1.54) is 25.6 Å². The summed E-state index contributed by atoms with van der Waals surface area (Å²) in [5.41, 5.74) is 0.853. The fourth-order valence-electron chi connectivity index (χ4n) is 4.01. The van der Waals surface area contributed by atoms with Crippen molar-refractivity contribution in [3.8, 4) is 0 Å². The number of halogens is 3. The highest BCUT2D eigenvalue weighted by Gasteiger charge is 2.47. The number of aromatic amines is 1. The topological polar surface area (TPSA) is 126 Å². The van der Waals surface area contributed by atoms with Crippen molar-refractivity contribution in [3.63, 3.8) is 0 Å². The summed E-state index contributed by atoms with van der Waals surface area (Å²) >= 11 is 0. The number of rotatable bonds is 7. The molecule has 0 saturated carbocycles. The zero-order valence-corrected chi connectivity index (χ0v) is 18.1. The highest BCUT2D eigenvalue weighted by atomic mass is 19.4. The zero-order valence-electron chi connectivity index (χ0n) is 18.1. The summed E-state index contributed by atoms with van der Waals surface area (Å²) in [6, 6.07) is 1.42. The molecular weight excluding hydrogens is 447 g/mol. The minimum atomic E-state index is -4.33. The fraction of sp³-hybridized carbons (Fsp3) is 0.500. The van der Waals surface area contributed by atoms with Crippen molar-refractivity contribution < 1.29 is 41.3 Å². The van der Waals surface area contributed by atoms with E-state index in [-0.39, 0.29) is 60.7 Å². The molecule has 13 heteroatoms. The van der Waals surface area contributed by atoms with Crippen LogP contribution in [0.25, 0.3) is 0 Å². The molecule has 0 aliphatic carbocycles. The van der Waals surface area contributed by atoms with Crippen molar-refractivity contribution in [2.24, 2.45) is 5.92 Å². The quantitative estimate of drug-likeness (QED) is 0.420. The second-order valence-electron chi connectivity index (χ2n) is 8.12. The molecule has 3 rings (SSSR count). The number of anilines is 2. The van der Waals surface area contributed by atoms with Gasteiger partial charge in [-0.3, -0.25) is 9.59 Å². The molecular formula is C20H25F3N5O5+. The van der Waals surface area contributed by atoms with E-state index in [0.29, 0.717) is 5.56 Å². The van der Waals surface area contributed by atoms with Gasteiger partial charge in [0.25, 0.3) is 11.8 Å². The van der Waals surface area contributed by atoms with Crippen LogP contribution in [0.3, 0.4) is 0 Å². The Bertz CT molecular complexity index is 994. The molecule has 3 heterocycles. The van der Waals surface area contributed by atoms with E-state index >= 15 is 0 Å². The average molecular weight is 472 g/mol. The first kappa shape index (κ1) is 24.3. The molecule has 180 valence electrons. The lowest BCUT2D eigenvalue weighted by molar-refractivity contribution is -0.919. The Morgan fingerprint density at radius 3 is 2.39 bits per heavy atom. The molecule has 0 bridgehead atoms. The maximum atomic E-state index is 13.2. The molecule has 1 aliphatic rings. The van der Waals surface area contributed by atoms with Crippen LogP contribution < -0.4 is 10.6 Å². The summed E-state index contributed by atoms with van der Waals surface area (Å²) in [4.78, 5) is 40.1. The van der Waals surface area contributed by atoms with Gasteiger partial charge in [0.2, 0.25) is 0 Å². The van der Waals surface area contributed by atoms with Gasteiger partial charge in [-0.2, -0.15) is 13.2 Å². The zero-order chi connectivity index (χ0) is 24.2. The molecule has 1 saturated heterocycles. The molecule has 2 aromatic rings. The molecule has 33 heavy (non-hydrogen) atoms. The average Bonchev–Trinajstić information content (AvgIpc) is 3.37. The summed E-state index contributed by atoms with van der Waals surface area (Å²) in [6.45, 7) is 1.17. The molecule has 1 aliphatic heterocycles. The van der Waals surface area contributed by atoms with E-state index in [0.717, 1.165) is 0 Å². The number of amides is 2. The van der Waals surface area contributed by atoms with Gasteiger partial charge in [-0.05, 0) is 12.5 Å². The van der Waals surface area contributed by atoms with E-state index in [1.807, 2.05) is 0 Å². The molecule has 0 aromatic carbocycles. The summed E-state index contributed by atoms with van der Waals surface area (Å²) in [7, 11) is 1.20. The molecule has 1 fully saturated rings. The van der Waals surface area contributed by atoms with Crippen LogP contribution in [0.1, 0.15) is 28.9 Å². The van der Waals surface area contributed by atoms with Crippen LogP contribution in [0.15, 0.2) is 23.0 Å². The van der Waals surface area contributed by atoms with Gasteiger partial charge in [-0.1, -0.05) is 5.16 Å². The Balaban J connectivity index is 1.75. The number of esters is 1. The first-order chi connectivity index (χ1) is 15.5. The number of quaternary nitrogens is 1. The minimum absolute atomic E-state index is 0.0141. The first-order valence-electron chi connectivity index (χ1n) is 10.2. The van der Waals surface area contributed by atoms with Crippen molar-refractivity contribution in [1.82, 2.24) is 10.1 Å². The number of aryl methyl sites for hydroxylation is 1. The third-order valence-corrected chi connectivity index (χ3v) is 5.76. The normalized spacial score (nSPS) is 20.8. The highest BCUT2D eigenvalue weighted by Crippen LogP contribution is 2.36. The number of carbonyl (C=O) groups is 3. The number of methoxy groups -OCH3 is 1. The van der Waals surface area contributed by atoms with E-state index < -0.39 is 29.9 Å². The maximum absolute atomic E-state index is 13.2. The highest BCUT2D eigenvalue weighted by molar-refractivity contribution is 6.01. The van der Waals surface area contributed by atoms with Gasteiger partial charge in [-0.25, -0.2) is 4.79 Å². The lowest BCUT2D eigenvalue weighted by atomic mass is 9.94. The Labute approximate surface area is 187 Å². The van der Waals surface area contributed by atoms with Gasteiger partial charge < -0.3 is 29.4 Å². The predicted molar refractivity (Wildman–Crippen MR) is 109 cm³/mol. The van der Waals surface area contributed by atoms with E-state index in [1.54, 1.807) is 6.92 Å². The van der Waals surface area contributed by atoms with Gasteiger partial charge >= 0.3 is 12.1 Å². The number of nitrogens with zero attached hydrogens (tertiary/aromatic N) is 2. The number of carbonyl (C=O) groups excluding carboxylic acids is 3. The van der Waals surface area contributed by atoms with E-state index in [9.17, 15) is 27.6 Å². The number of ether oxygens (including phenoxy) is 1. The van der Waals surface area contributed by atoms with Gasteiger partial charge in [0.15, 0.2) is 18.9 Å². The predicted octanol–water partition coefficient (Wildman–Crippen LogP) is 2.46. The Hall–Kier alpha value is -3.35. The van der Waals surface area contributed by atoms with Gasteiger partial charge in [0, 0.05) is 25.1 Å². The second-order valence-corrected chi connectivity index (χ2v) is 8.12. The third kappa shape index (κ3) is 5.92. The van der Waals surface area contributed by atoms with Crippen LogP contribution in [-0.4, -0.2) is 71.9 Å². The molecule has 3 N–H and O–H groups in total. The smallest absolute Gasteiger partial charge is 0.392 e. The van der Waals surface area contributed by atoms with Gasteiger partial charge in [0.05, 0.1) is 31.8 Å². The van der Waals surface area contributed by atoms with Crippen molar-refractivity contribution in [1.29, 1.82) is 0 Å². The van der Waals surface area contributed by atoms with E-state index in [4.69, 9.17) is 0 Å². The number of likely N-dealkylation sites (tertiary alicyclic amines) is 1. The first-order valence-corrected chi connectivity index (χ1v) is 10.2. The number of nitrogens with one attached hydrogen (secondary N) is 3. The molecule has 0 spiro atoms. The lowest BCUT2D eigenvalue weighted by Gasteiger charge is -2.42. The van der Waals surface area contributed by atoms with Crippen molar-refractivity contribution >= 4 is 29.3 Å². The molecule has 0 radical (unpaired) electrons. The van der Waals surface area contributed by atoms with Crippen LogP contribution >= 0.6 is 0 Å². The lowest BCUT2D eigenvalue weighted by Crippen LogP contribution is -2.60. The monoisotopic (exact) mass is 472 g/mol. The second kappa shape index (κ2) is 9.65. The van der Waals surface area contributed by atoms with Crippen LogP contribution in [-0.2, 0) is 14.3 Å². The SMILES string of the molecule is COC(=O)c1[nH]cc(C)c1NC(=O)C[N+]1(CC(=O)Nc2ccon2)CCC(C(F)(F)F)CC1. The molecule has 10 nitrogen and oxygen atoms in total. The molecule has 0 atom stereocenters. The van der Waals surface area contributed by atoms with E-state index in [2.05, 4.69) is 30.0 Å².